The van der Waals surface area contributed by atoms with Crippen LogP contribution in [0.2, 0.25) is 0 Å². The molecule has 160 valence electrons. The average molecular weight is 418 g/mol. The lowest BCUT2D eigenvalue weighted by atomic mass is 9.94. The molecular weight excluding hydrogens is 390 g/mol. The van der Waals surface area contributed by atoms with E-state index >= 15 is 0 Å². The highest BCUT2D eigenvalue weighted by Gasteiger charge is 2.33. The standard InChI is InChI=1S/C25H27N3O3/c1-17-13-14-28(26-17)20-11-9-18(10-12-20)15-27-16-19-5-4-8-23(24(19)25(27)30)31-22-7-3-2-6-21(22)29/h4-5,8-14,21-22,29H,2-3,6-7,15-16H2,1H3/t21-,22-/m1/s1. The average Bonchev–Trinajstić information content (AvgIpc) is 3.34. The zero-order valence-corrected chi connectivity index (χ0v) is 17.7. The molecule has 1 aliphatic carbocycles. The molecule has 2 heterocycles. The summed E-state index contributed by atoms with van der Waals surface area (Å²) < 4.78 is 7.99. The van der Waals surface area contributed by atoms with Gasteiger partial charge < -0.3 is 14.7 Å². The molecule has 2 aromatic carbocycles. The molecule has 2 aliphatic rings. The van der Waals surface area contributed by atoms with Crippen molar-refractivity contribution < 1.29 is 14.6 Å². The fourth-order valence-corrected chi connectivity index (χ4v) is 4.52. The summed E-state index contributed by atoms with van der Waals surface area (Å²) in [6, 6.07) is 15.9. The lowest BCUT2D eigenvalue weighted by molar-refractivity contribution is 0.00636. The molecular formula is C25H27N3O3. The number of aromatic nitrogens is 2. The Balaban J connectivity index is 1.31. The third-order valence-electron chi connectivity index (χ3n) is 6.22. The van der Waals surface area contributed by atoms with Gasteiger partial charge in [-0.3, -0.25) is 4.79 Å². The van der Waals surface area contributed by atoms with Gasteiger partial charge in [-0.2, -0.15) is 5.10 Å². The van der Waals surface area contributed by atoms with Gasteiger partial charge in [-0.15, -0.1) is 0 Å². The molecule has 3 aromatic rings. The van der Waals surface area contributed by atoms with Crippen LogP contribution < -0.4 is 4.74 Å². The number of hydrogen-bond donors (Lipinski definition) is 1. The topological polar surface area (TPSA) is 67.6 Å². The van der Waals surface area contributed by atoms with Crippen molar-refractivity contribution in [2.24, 2.45) is 0 Å². The van der Waals surface area contributed by atoms with E-state index in [0.29, 0.717) is 24.4 Å². The van der Waals surface area contributed by atoms with Crippen LogP contribution in [0.4, 0.5) is 0 Å². The molecule has 2 atom stereocenters. The number of fused-ring (bicyclic) bond motifs is 1. The molecule has 0 unspecified atom stereocenters. The van der Waals surface area contributed by atoms with Crippen LogP contribution in [0, 0.1) is 6.92 Å². The zero-order valence-electron chi connectivity index (χ0n) is 17.7. The second-order valence-corrected chi connectivity index (χ2v) is 8.53. The molecule has 0 spiro atoms. The molecule has 1 aromatic heterocycles. The zero-order chi connectivity index (χ0) is 21.4. The first-order valence-electron chi connectivity index (χ1n) is 11.0. The maximum absolute atomic E-state index is 13.2. The van der Waals surface area contributed by atoms with Gasteiger partial charge in [0, 0.05) is 19.3 Å². The summed E-state index contributed by atoms with van der Waals surface area (Å²) in [6.07, 6.45) is 4.90. The summed E-state index contributed by atoms with van der Waals surface area (Å²) in [5, 5.41) is 14.7. The number of benzene rings is 2. The van der Waals surface area contributed by atoms with Crippen molar-refractivity contribution >= 4 is 5.91 Å². The molecule has 1 amide bonds. The molecule has 6 nitrogen and oxygen atoms in total. The monoisotopic (exact) mass is 417 g/mol. The second kappa shape index (κ2) is 8.19. The molecule has 1 aliphatic heterocycles. The van der Waals surface area contributed by atoms with Crippen LogP contribution in [0.15, 0.2) is 54.7 Å². The fraction of sp³-hybridized carbons (Fsp3) is 0.360. The number of aryl methyl sites for hydroxylation is 1. The van der Waals surface area contributed by atoms with E-state index in [-0.39, 0.29) is 12.0 Å². The minimum atomic E-state index is -0.464. The summed E-state index contributed by atoms with van der Waals surface area (Å²) >= 11 is 0. The number of carbonyl (C=O) groups excluding carboxylic acids is 1. The predicted octanol–water partition coefficient (Wildman–Crippen LogP) is 4.02. The summed E-state index contributed by atoms with van der Waals surface area (Å²) in [6.45, 7) is 3.07. The van der Waals surface area contributed by atoms with Gasteiger partial charge in [0.1, 0.15) is 11.9 Å². The van der Waals surface area contributed by atoms with Gasteiger partial charge in [0.2, 0.25) is 0 Å². The van der Waals surface area contributed by atoms with E-state index in [9.17, 15) is 9.90 Å². The number of ether oxygens (including phenoxy) is 1. The number of aliphatic hydroxyl groups excluding tert-OH is 1. The normalized spacial score (nSPS) is 20.7. The van der Waals surface area contributed by atoms with Gasteiger partial charge in [0.25, 0.3) is 5.91 Å². The summed E-state index contributed by atoms with van der Waals surface area (Å²) in [5.74, 6) is 0.586. The van der Waals surface area contributed by atoms with Crippen molar-refractivity contribution in [3.63, 3.8) is 0 Å². The highest BCUT2D eigenvalue weighted by Crippen LogP contribution is 2.34. The maximum atomic E-state index is 13.2. The van der Waals surface area contributed by atoms with Crippen molar-refractivity contribution in [2.75, 3.05) is 0 Å². The third kappa shape index (κ3) is 3.95. The molecule has 0 saturated heterocycles. The molecule has 1 fully saturated rings. The van der Waals surface area contributed by atoms with Crippen molar-refractivity contribution in [2.45, 2.75) is 57.9 Å². The lowest BCUT2D eigenvalue weighted by Crippen LogP contribution is -2.35. The number of aliphatic hydroxyl groups is 1. The smallest absolute Gasteiger partial charge is 0.258 e. The first-order valence-corrected chi connectivity index (χ1v) is 11.0. The van der Waals surface area contributed by atoms with E-state index in [2.05, 4.69) is 5.10 Å². The number of amides is 1. The Kier molecular flexibility index (Phi) is 5.24. The van der Waals surface area contributed by atoms with Crippen LogP contribution in [0.25, 0.3) is 5.69 Å². The second-order valence-electron chi connectivity index (χ2n) is 8.53. The van der Waals surface area contributed by atoms with Gasteiger partial charge in [-0.05, 0) is 61.6 Å². The molecule has 0 radical (unpaired) electrons. The largest absolute Gasteiger partial charge is 0.487 e. The van der Waals surface area contributed by atoms with Crippen LogP contribution >= 0.6 is 0 Å². The predicted molar refractivity (Wildman–Crippen MR) is 117 cm³/mol. The minimum Gasteiger partial charge on any atom is -0.487 e. The van der Waals surface area contributed by atoms with Crippen molar-refractivity contribution in [3.8, 4) is 11.4 Å². The summed E-state index contributed by atoms with van der Waals surface area (Å²) in [5.41, 5.74) is 4.66. The van der Waals surface area contributed by atoms with E-state index < -0.39 is 6.10 Å². The third-order valence-corrected chi connectivity index (χ3v) is 6.22. The van der Waals surface area contributed by atoms with Gasteiger partial charge in [-0.25, -0.2) is 4.68 Å². The minimum absolute atomic E-state index is 0.0114. The van der Waals surface area contributed by atoms with E-state index in [4.69, 9.17) is 4.74 Å². The Morgan fingerprint density at radius 3 is 2.65 bits per heavy atom. The van der Waals surface area contributed by atoms with Gasteiger partial charge in [-0.1, -0.05) is 30.7 Å². The van der Waals surface area contributed by atoms with E-state index in [1.54, 1.807) is 0 Å². The molecule has 31 heavy (non-hydrogen) atoms. The van der Waals surface area contributed by atoms with Crippen LogP contribution in [0.3, 0.4) is 0 Å². The van der Waals surface area contributed by atoms with Crippen LogP contribution in [-0.4, -0.2) is 37.9 Å². The molecule has 6 heteroatoms. The summed E-state index contributed by atoms with van der Waals surface area (Å²) in [7, 11) is 0. The van der Waals surface area contributed by atoms with E-state index in [1.165, 1.54) is 0 Å². The van der Waals surface area contributed by atoms with Crippen LogP contribution in [0.1, 0.15) is 52.9 Å². The van der Waals surface area contributed by atoms with Gasteiger partial charge in [0.15, 0.2) is 0 Å². The number of carbonyl (C=O) groups is 1. The van der Waals surface area contributed by atoms with Crippen LogP contribution in [0.5, 0.6) is 5.75 Å². The maximum Gasteiger partial charge on any atom is 0.258 e. The number of rotatable bonds is 5. The fourth-order valence-electron chi connectivity index (χ4n) is 4.52. The highest BCUT2D eigenvalue weighted by molar-refractivity contribution is 6.01. The Morgan fingerprint density at radius 1 is 1.10 bits per heavy atom. The Labute approximate surface area is 182 Å². The van der Waals surface area contributed by atoms with E-state index in [1.807, 2.05) is 71.2 Å². The van der Waals surface area contributed by atoms with Crippen LogP contribution in [-0.2, 0) is 13.1 Å². The lowest BCUT2D eigenvalue weighted by Gasteiger charge is -2.28. The number of nitrogens with zero attached hydrogens (tertiary/aromatic N) is 3. The first kappa shape index (κ1) is 19.8. The molecule has 0 bridgehead atoms. The highest BCUT2D eigenvalue weighted by atomic mass is 16.5. The van der Waals surface area contributed by atoms with Gasteiger partial charge >= 0.3 is 0 Å². The van der Waals surface area contributed by atoms with Crippen molar-refractivity contribution in [3.05, 3.63) is 77.1 Å². The quantitative estimate of drug-likeness (QED) is 0.681. The summed E-state index contributed by atoms with van der Waals surface area (Å²) in [4.78, 5) is 15.1. The molecule has 1 saturated carbocycles. The van der Waals surface area contributed by atoms with Crippen molar-refractivity contribution in [1.29, 1.82) is 0 Å². The Hall–Kier alpha value is -3.12. The first-order chi connectivity index (χ1) is 15.1. The van der Waals surface area contributed by atoms with Crippen molar-refractivity contribution in [1.82, 2.24) is 14.7 Å². The van der Waals surface area contributed by atoms with Gasteiger partial charge in [0.05, 0.1) is 23.0 Å². The SMILES string of the molecule is Cc1ccn(-c2ccc(CN3Cc4cccc(O[C@@H]5CCCC[C@H]5O)c4C3=O)cc2)n1. The van der Waals surface area contributed by atoms with E-state index in [0.717, 1.165) is 48.2 Å². The molecule has 1 N–H and O–H groups in total. The molecule has 5 rings (SSSR count). The number of hydrogen-bond acceptors (Lipinski definition) is 4. The Bertz CT molecular complexity index is 1090. The Morgan fingerprint density at radius 2 is 1.90 bits per heavy atom.